The topological polar surface area (TPSA) is 144 Å². The molecule has 0 bridgehead atoms. The number of likely N-dealkylation sites (tertiary alicyclic amines) is 1. The Balaban J connectivity index is 1.09. The fourth-order valence-electron chi connectivity index (χ4n) is 7.81. The third-order valence-corrected chi connectivity index (χ3v) is 12.6. The van der Waals surface area contributed by atoms with E-state index >= 15 is 0 Å². The molecule has 3 N–H and O–H groups in total. The van der Waals surface area contributed by atoms with Gasteiger partial charge < -0.3 is 39.4 Å². The van der Waals surface area contributed by atoms with E-state index in [4.69, 9.17) is 19.2 Å². The zero-order valence-corrected chi connectivity index (χ0v) is 34.9. The number of fused-ring (bicyclic) bond motifs is 3. The summed E-state index contributed by atoms with van der Waals surface area (Å²) in [5.41, 5.74) is 7.92. The first-order valence-electron chi connectivity index (χ1n) is 20.1. The summed E-state index contributed by atoms with van der Waals surface area (Å²) in [7, 11) is -0.0675. The Kier molecular flexibility index (Phi) is 13.9. The fraction of sp³-hybridized carbons (Fsp3) is 0.455. The van der Waals surface area contributed by atoms with Crippen LogP contribution in [0.4, 0.5) is 9.59 Å². The van der Waals surface area contributed by atoms with E-state index in [0.717, 1.165) is 34.7 Å². The van der Waals surface area contributed by atoms with Crippen LogP contribution >= 0.6 is 0 Å². The summed E-state index contributed by atoms with van der Waals surface area (Å²) >= 11 is 0. The number of methoxy groups -OCH3 is 1. The molecular formula is C44H57N5O7Si. The predicted molar refractivity (Wildman–Crippen MR) is 222 cm³/mol. The normalized spacial score (nSPS) is 15.5. The number of alkyl carbamates (subject to hydrolysis) is 2. The van der Waals surface area contributed by atoms with E-state index in [9.17, 15) is 19.5 Å². The minimum Gasteiger partial charge on any atom is -0.453 e. The van der Waals surface area contributed by atoms with Crippen LogP contribution in [0.5, 0.6) is 0 Å². The van der Waals surface area contributed by atoms with Gasteiger partial charge in [-0.25, -0.2) is 14.6 Å². The Morgan fingerprint density at radius 1 is 0.947 bits per heavy atom. The van der Waals surface area contributed by atoms with Gasteiger partial charge in [-0.1, -0.05) is 98.0 Å². The molecule has 304 valence electrons. The molecule has 0 radical (unpaired) electrons. The molecule has 1 aliphatic carbocycles. The smallest absolute Gasteiger partial charge is 0.407 e. The maximum atomic E-state index is 14.3. The van der Waals surface area contributed by atoms with E-state index in [2.05, 4.69) is 54.5 Å². The molecule has 3 amide bonds. The van der Waals surface area contributed by atoms with Gasteiger partial charge in [0.1, 0.15) is 25.2 Å². The molecule has 3 aromatic carbocycles. The number of carbonyl (C=O) groups excluding carboxylic acids is 3. The Bertz CT molecular complexity index is 1970. The minimum atomic E-state index is -1.34. The second kappa shape index (κ2) is 19.0. The molecule has 2 unspecified atom stereocenters. The van der Waals surface area contributed by atoms with Gasteiger partial charge in [0.25, 0.3) is 0 Å². The highest BCUT2D eigenvalue weighted by Crippen LogP contribution is 2.44. The maximum Gasteiger partial charge on any atom is 0.407 e. The number of unbranched alkanes of at least 4 members (excludes halogenated alkanes) is 1. The molecule has 6 rings (SSSR count). The number of imidazole rings is 1. The second-order valence-corrected chi connectivity index (χ2v) is 21.8. The molecule has 1 saturated heterocycles. The highest BCUT2D eigenvalue weighted by Gasteiger charge is 2.38. The quantitative estimate of drug-likeness (QED) is 0.0727. The van der Waals surface area contributed by atoms with E-state index in [1.54, 1.807) is 4.90 Å². The second-order valence-electron chi connectivity index (χ2n) is 16.2. The summed E-state index contributed by atoms with van der Waals surface area (Å²) in [6, 6.07) is 24.2. The number of nitrogens with one attached hydrogen (secondary N) is 2. The van der Waals surface area contributed by atoms with Crippen LogP contribution in [0.25, 0.3) is 22.4 Å². The van der Waals surface area contributed by atoms with Gasteiger partial charge in [0.15, 0.2) is 0 Å². The van der Waals surface area contributed by atoms with E-state index in [-0.39, 0.29) is 37.8 Å². The molecule has 2 aliphatic rings. The van der Waals surface area contributed by atoms with Crippen molar-refractivity contribution in [3.8, 4) is 22.4 Å². The van der Waals surface area contributed by atoms with Crippen LogP contribution in [0, 0.1) is 6.92 Å². The van der Waals surface area contributed by atoms with E-state index in [1.165, 1.54) is 18.2 Å². The van der Waals surface area contributed by atoms with Crippen molar-refractivity contribution in [2.24, 2.45) is 0 Å². The number of aliphatic hydroxyl groups is 1. The first kappa shape index (κ1) is 41.6. The van der Waals surface area contributed by atoms with Crippen molar-refractivity contribution < 1.29 is 33.7 Å². The number of carbonyl (C=O) groups is 3. The summed E-state index contributed by atoms with van der Waals surface area (Å²) < 4.78 is 18.7. The first-order chi connectivity index (χ1) is 27.5. The average molecular weight is 796 g/mol. The highest BCUT2D eigenvalue weighted by molar-refractivity contribution is 6.76. The summed E-state index contributed by atoms with van der Waals surface area (Å²) in [6.07, 6.45) is 1.70. The molecule has 0 spiro atoms. The van der Waals surface area contributed by atoms with Crippen LogP contribution in [-0.2, 0) is 32.3 Å². The number of nitrogens with zero attached hydrogens (tertiary/aromatic N) is 3. The Morgan fingerprint density at radius 3 is 2.28 bits per heavy atom. The number of rotatable bonds is 17. The molecular weight excluding hydrogens is 739 g/mol. The number of aliphatic hydroxyl groups excluding tert-OH is 1. The fourth-order valence-corrected chi connectivity index (χ4v) is 8.57. The Morgan fingerprint density at radius 2 is 1.63 bits per heavy atom. The largest absolute Gasteiger partial charge is 0.453 e. The monoisotopic (exact) mass is 795 g/mol. The van der Waals surface area contributed by atoms with Crippen LogP contribution in [0.1, 0.15) is 72.3 Å². The van der Waals surface area contributed by atoms with Gasteiger partial charge in [-0.2, -0.15) is 0 Å². The van der Waals surface area contributed by atoms with Gasteiger partial charge in [-0.05, 0) is 67.3 Å². The lowest BCUT2D eigenvalue weighted by Crippen LogP contribution is -2.48. The van der Waals surface area contributed by atoms with Crippen LogP contribution in [0.3, 0.4) is 0 Å². The van der Waals surface area contributed by atoms with Crippen molar-refractivity contribution in [3.63, 3.8) is 0 Å². The van der Waals surface area contributed by atoms with Gasteiger partial charge in [0.2, 0.25) is 5.91 Å². The lowest BCUT2D eigenvalue weighted by molar-refractivity contribution is -0.134. The standard InChI is InChI=1S/C44H57N5O7Si/c1-30-19-21-31(22-20-30)40-39(27-50)49(29-55-25-26-57(3,4)5)41(47-40)38-18-12-24-48(38)42(51)37(46-44(53)54-2)17-10-11-23-45-43(52)56-28-36-34-15-8-6-13-32(34)33-14-7-9-16-35(33)36/h6-9,13-16,19-22,36-38,50H,10-12,17-18,23-29H2,1-5H3,(H,45,52)(H,46,53). The molecule has 2 heterocycles. The average Bonchev–Trinajstić information content (AvgIpc) is 3.92. The van der Waals surface area contributed by atoms with Gasteiger partial charge in [0, 0.05) is 39.3 Å². The van der Waals surface area contributed by atoms with Crippen molar-refractivity contribution in [3.05, 3.63) is 101 Å². The van der Waals surface area contributed by atoms with Crippen LogP contribution < -0.4 is 10.6 Å². The molecule has 1 fully saturated rings. The Hall–Kier alpha value is -4.98. The number of hydrogen-bond acceptors (Lipinski definition) is 8. The van der Waals surface area contributed by atoms with Gasteiger partial charge in [-0.15, -0.1) is 0 Å². The van der Waals surface area contributed by atoms with Crippen molar-refractivity contribution >= 4 is 26.2 Å². The molecule has 57 heavy (non-hydrogen) atoms. The number of benzene rings is 3. The molecule has 12 nitrogen and oxygen atoms in total. The maximum absolute atomic E-state index is 14.3. The summed E-state index contributed by atoms with van der Waals surface area (Å²) in [5, 5.41) is 16.3. The number of hydrogen-bond donors (Lipinski definition) is 3. The van der Waals surface area contributed by atoms with Gasteiger partial charge >= 0.3 is 12.2 Å². The summed E-state index contributed by atoms with van der Waals surface area (Å²) in [5.74, 6) is 0.389. The molecule has 2 atom stereocenters. The van der Waals surface area contributed by atoms with Crippen LogP contribution in [0.2, 0.25) is 25.7 Å². The molecule has 13 heteroatoms. The van der Waals surface area contributed by atoms with Crippen molar-refractivity contribution in [1.82, 2.24) is 25.1 Å². The molecule has 4 aromatic rings. The van der Waals surface area contributed by atoms with E-state index in [0.29, 0.717) is 62.6 Å². The van der Waals surface area contributed by atoms with Crippen molar-refractivity contribution in [1.29, 1.82) is 0 Å². The third kappa shape index (κ3) is 10.1. The van der Waals surface area contributed by atoms with Crippen LogP contribution in [-0.4, -0.2) is 85.2 Å². The van der Waals surface area contributed by atoms with Gasteiger partial charge in [0.05, 0.1) is 31.1 Å². The molecule has 0 saturated carbocycles. The highest BCUT2D eigenvalue weighted by atomic mass is 28.3. The number of aromatic nitrogens is 2. The predicted octanol–water partition coefficient (Wildman–Crippen LogP) is 7.76. The van der Waals surface area contributed by atoms with E-state index < -0.39 is 26.3 Å². The third-order valence-electron chi connectivity index (χ3n) is 10.9. The number of ether oxygens (including phenoxy) is 3. The van der Waals surface area contributed by atoms with E-state index in [1.807, 2.05) is 60.0 Å². The lowest BCUT2D eigenvalue weighted by atomic mass is 9.98. The van der Waals surface area contributed by atoms with Crippen molar-refractivity contribution in [2.45, 2.75) is 96.1 Å². The Labute approximate surface area is 336 Å². The molecule has 1 aliphatic heterocycles. The first-order valence-corrected chi connectivity index (χ1v) is 23.8. The van der Waals surface area contributed by atoms with Gasteiger partial charge in [-0.3, -0.25) is 4.79 Å². The SMILES string of the molecule is COC(=O)NC(CCCCNC(=O)OCC1c2ccccc2-c2ccccc21)C(=O)N1CCCC1c1nc(-c2ccc(C)cc2)c(CO)n1COCC[Si](C)(C)C. The number of amides is 3. The zero-order valence-electron chi connectivity index (χ0n) is 33.9. The minimum absolute atomic E-state index is 0.0290. The van der Waals surface area contributed by atoms with Crippen LogP contribution in [0.15, 0.2) is 72.8 Å². The number of aryl methyl sites for hydroxylation is 1. The van der Waals surface area contributed by atoms with Crippen molar-refractivity contribution in [2.75, 3.05) is 33.4 Å². The lowest BCUT2D eigenvalue weighted by Gasteiger charge is -2.29. The molecule has 1 aromatic heterocycles. The summed E-state index contributed by atoms with van der Waals surface area (Å²) in [6.45, 7) is 10.5. The summed E-state index contributed by atoms with van der Waals surface area (Å²) in [4.78, 5) is 46.5. The zero-order chi connectivity index (χ0) is 40.5.